The lowest BCUT2D eigenvalue weighted by Crippen LogP contribution is -2.34. The first-order chi connectivity index (χ1) is 9.99. The molecule has 1 fully saturated rings. The van der Waals surface area contributed by atoms with E-state index in [1.165, 1.54) is 6.07 Å². The van der Waals surface area contributed by atoms with Gasteiger partial charge in [0.05, 0.1) is 12.6 Å². The number of carbonyl (C=O) groups excluding carboxylic acids is 1. The lowest BCUT2D eigenvalue weighted by Gasteiger charge is -2.24. The molecule has 2 atom stereocenters. The van der Waals surface area contributed by atoms with Gasteiger partial charge in [-0.3, -0.25) is 4.79 Å². The van der Waals surface area contributed by atoms with Crippen LogP contribution >= 0.6 is 0 Å². The number of nitrogens with zero attached hydrogens (tertiary/aromatic N) is 1. The minimum Gasteiger partial charge on any atom is -0.386 e. The first-order valence-corrected chi connectivity index (χ1v) is 7.69. The molecule has 1 heterocycles. The van der Waals surface area contributed by atoms with Gasteiger partial charge in [0.25, 0.3) is 0 Å². The average molecular weight is 293 g/mol. The Morgan fingerprint density at radius 1 is 1.33 bits per heavy atom. The highest BCUT2D eigenvalue weighted by atomic mass is 19.1. The van der Waals surface area contributed by atoms with Crippen molar-refractivity contribution in [1.82, 2.24) is 4.90 Å². The van der Waals surface area contributed by atoms with Crippen LogP contribution in [-0.2, 0) is 4.79 Å². The van der Waals surface area contributed by atoms with Gasteiger partial charge in [-0.2, -0.15) is 0 Å². The van der Waals surface area contributed by atoms with Gasteiger partial charge in [-0.1, -0.05) is 32.0 Å². The lowest BCUT2D eigenvalue weighted by atomic mass is 9.89. The Hall–Kier alpha value is -1.42. The standard InChI is InChI=1S/C17H24FNO2/c1-12(2)13-7-8-17(21)19(10-9-13)11-16(20)14-5-3-4-6-15(14)18/h3-6,12-13,16,20H,7-11H2,1-2H3. The molecule has 2 rings (SSSR count). The highest BCUT2D eigenvalue weighted by Gasteiger charge is 2.26. The van der Waals surface area contributed by atoms with Crippen LogP contribution < -0.4 is 0 Å². The van der Waals surface area contributed by atoms with Gasteiger partial charge in [0.2, 0.25) is 5.91 Å². The normalized spacial score (nSPS) is 21.5. The Bertz CT molecular complexity index is 489. The molecule has 4 heteroatoms. The number of rotatable bonds is 4. The molecule has 1 aromatic carbocycles. The Kier molecular flexibility index (Phi) is 5.34. The highest BCUT2D eigenvalue weighted by molar-refractivity contribution is 5.76. The second kappa shape index (κ2) is 7.03. The monoisotopic (exact) mass is 293 g/mol. The number of hydrogen-bond acceptors (Lipinski definition) is 2. The van der Waals surface area contributed by atoms with Gasteiger partial charge >= 0.3 is 0 Å². The molecule has 2 unspecified atom stereocenters. The van der Waals surface area contributed by atoms with Crippen LogP contribution in [0.3, 0.4) is 0 Å². The topological polar surface area (TPSA) is 40.5 Å². The van der Waals surface area contributed by atoms with Crippen LogP contribution in [0.25, 0.3) is 0 Å². The number of benzene rings is 1. The third-order valence-electron chi connectivity index (χ3n) is 4.45. The summed E-state index contributed by atoms with van der Waals surface area (Å²) in [5.41, 5.74) is 0.259. The van der Waals surface area contributed by atoms with Crippen molar-refractivity contribution in [3.8, 4) is 0 Å². The molecule has 0 aromatic heterocycles. The number of halogens is 1. The van der Waals surface area contributed by atoms with E-state index in [0.29, 0.717) is 24.8 Å². The average Bonchev–Trinajstić information content (AvgIpc) is 2.62. The molecule has 1 aromatic rings. The van der Waals surface area contributed by atoms with Crippen molar-refractivity contribution < 1.29 is 14.3 Å². The number of amides is 1. The van der Waals surface area contributed by atoms with Crippen molar-refractivity contribution in [3.05, 3.63) is 35.6 Å². The summed E-state index contributed by atoms with van der Waals surface area (Å²) in [6, 6.07) is 6.19. The fraction of sp³-hybridized carbons (Fsp3) is 0.588. The fourth-order valence-electron chi connectivity index (χ4n) is 2.97. The molecule has 1 aliphatic rings. The second-order valence-electron chi connectivity index (χ2n) is 6.21. The quantitative estimate of drug-likeness (QED) is 0.926. The van der Waals surface area contributed by atoms with Gasteiger partial charge in [0, 0.05) is 18.5 Å². The van der Waals surface area contributed by atoms with Crippen LogP contribution in [0.2, 0.25) is 0 Å². The van der Waals surface area contributed by atoms with E-state index in [1.807, 2.05) is 0 Å². The number of hydrogen-bond donors (Lipinski definition) is 1. The number of likely N-dealkylation sites (tertiary alicyclic amines) is 1. The Balaban J connectivity index is 2.01. The maximum atomic E-state index is 13.7. The van der Waals surface area contributed by atoms with Gasteiger partial charge in [-0.25, -0.2) is 4.39 Å². The Morgan fingerprint density at radius 2 is 2.05 bits per heavy atom. The van der Waals surface area contributed by atoms with Gasteiger partial charge in [0.1, 0.15) is 5.82 Å². The molecular formula is C17H24FNO2. The van der Waals surface area contributed by atoms with Crippen LogP contribution in [0.1, 0.15) is 44.8 Å². The molecular weight excluding hydrogens is 269 g/mol. The summed E-state index contributed by atoms with van der Waals surface area (Å²) >= 11 is 0. The third-order valence-corrected chi connectivity index (χ3v) is 4.45. The van der Waals surface area contributed by atoms with E-state index in [1.54, 1.807) is 23.1 Å². The van der Waals surface area contributed by atoms with Crippen LogP contribution in [-0.4, -0.2) is 29.0 Å². The minimum atomic E-state index is -0.967. The van der Waals surface area contributed by atoms with Crippen molar-refractivity contribution in [1.29, 1.82) is 0 Å². The largest absolute Gasteiger partial charge is 0.386 e. The molecule has 1 aliphatic heterocycles. The zero-order valence-electron chi connectivity index (χ0n) is 12.8. The van der Waals surface area contributed by atoms with E-state index in [-0.39, 0.29) is 18.0 Å². The molecule has 1 amide bonds. The van der Waals surface area contributed by atoms with Crippen molar-refractivity contribution in [2.24, 2.45) is 11.8 Å². The van der Waals surface area contributed by atoms with Gasteiger partial charge < -0.3 is 10.0 Å². The molecule has 0 spiro atoms. The lowest BCUT2D eigenvalue weighted by molar-refractivity contribution is -0.132. The third kappa shape index (κ3) is 4.03. The van der Waals surface area contributed by atoms with Crippen LogP contribution in [0.15, 0.2) is 24.3 Å². The SMILES string of the molecule is CC(C)C1CCC(=O)N(CC(O)c2ccccc2F)CC1. The highest BCUT2D eigenvalue weighted by Crippen LogP contribution is 2.26. The number of aliphatic hydroxyl groups excluding tert-OH is 1. The summed E-state index contributed by atoms with van der Waals surface area (Å²) in [4.78, 5) is 13.8. The molecule has 0 saturated carbocycles. The van der Waals surface area contributed by atoms with Gasteiger partial charge in [-0.15, -0.1) is 0 Å². The molecule has 1 saturated heterocycles. The molecule has 0 aliphatic carbocycles. The molecule has 0 radical (unpaired) electrons. The Labute approximate surface area is 125 Å². The van der Waals surface area contributed by atoms with Crippen molar-refractivity contribution >= 4 is 5.91 Å². The predicted molar refractivity (Wildman–Crippen MR) is 80.1 cm³/mol. The summed E-state index contributed by atoms with van der Waals surface area (Å²) in [5.74, 6) is 0.750. The molecule has 116 valence electrons. The summed E-state index contributed by atoms with van der Waals surface area (Å²) in [6.45, 7) is 5.18. The van der Waals surface area contributed by atoms with Crippen LogP contribution in [0, 0.1) is 17.7 Å². The number of carbonyl (C=O) groups is 1. The van der Waals surface area contributed by atoms with Crippen molar-refractivity contribution in [2.45, 2.75) is 39.2 Å². The van der Waals surface area contributed by atoms with Crippen molar-refractivity contribution in [2.75, 3.05) is 13.1 Å². The van der Waals surface area contributed by atoms with Crippen molar-refractivity contribution in [3.63, 3.8) is 0 Å². The fourth-order valence-corrected chi connectivity index (χ4v) is 2.97. The van der Waals surface area contributed by atoms with Crippen LogP contribution in [0.4, 0.5) is 4.39 Å². The summed E-state index contributed by atoms with van der Waals surface area (Å²) in [7, 11) is 0. The summed E-state index contributed by atoms with van der Waals surface area (Å²) in [6.07, 6.45) is 1.41. The maximum Gasteiger partial charge on any atom is 0.222 e. The summed E-state index contributed by atoms with van der Waals surface area (Å²) < 4.78 is 13.7. The first-order valence-electron chi connectivity index (χ1n) is 7.69. The summed E-state index contributed by atoms with van der Waals surface area (Å²) in [5, 5.41) is 10.2. The molecule has 21 heavy (non-hydrogen) atoms. The zero-order chi connectivity index (χ0) is 15.4. The minimum absolute atomic E-state index is 0.0635. The van der Waals surface area contributed by atoms with E-state index in [0.717, 1.165) is 12.8 Å². The molecule has 3 nitrogen and oxygen atoms in total. The predicted octanol–water partition coefficient (Wildman–Crippen LogP) is 3.14. The van der Waals surface area contributed by atoms with Gasteiger partial charge in [0.15, 0.2) is 0 Å². The maximum absolute atomic E-state index is 13.7. The molecule has 1 N–H and O–H groups in total. The van der Waals surface area contributed by atoms with E-state index in [2.05, 4.69) is 13.8 Å². The number of β-amino-alcohol motifs (C(OH)–C–C–N with tert-alkyl or cyclic N) is 1. The smallest absolute Gasteiger partial charge is 0.222 e. The van der Waals surface area contributed by atoms with Gasteiger partial charge in [-0.05, 0) is 30.7 Å². The van der Waals surface area contributed by atoms with E-state index in [4.69, 9.17) is 0 Å². The zero-order valence-corrected chi connectivity index (χ0v) is 12.8. The second-order valence-corrected chi connectivity index (χ2v) is 6.21. The van der Waals surface area contributed by atoms with Crippen LogP contribution in [0.5, 0.6) is 0 Å². The molecule has 0 bridgehead atoms. The Morgan fingerprint density at radius 3 is 2.71 bits per heavy atom. The van der Waals surface area contributed by atoms with E-state index < -0.39 is 11.9 Å². The van der Waals surface area contributed by atoms with E-state index >= 15 is 0 Å². The first kappa shape index (κ1) is 16.0. The van der Waals surface area contributed by atoms with E-state index in [9.17, 15) is 14.3 Å². The number of aliphatic hydroxyl groups is 1.